The van der Waals surface area contributed by atoms with Gasteiger partial charge in [-0.1, -0.05) is 34.1 Å². The summed E-state index contributed by atoms with van der Waals surface area (Å²) in [6, 6.07) is 13.9. The molecule has 4 rings (SSSR count). The van der Waals surface area contributed by atoms with E-state index < -0.39 is 0 Å². The summed E-state index contributed by atoms with van der Waals surface area (Å²) in [5.74, 6) is 0.673. The number of carbonyl (C=O) groups is 1. The zero-order chi connectivity index (χ0) is 17.4. The highest BCUT2D eigenvalue weighted by molar-refractivity contribution is 9.11. The molecule has 0 bridgehead atoms. The minimum atomic E-state index is 0.00532. The predicted molar refractivity (Wildman–Crippen MR) is 105 cm³/mol. The van der Waals surface area contributed by atoms with Crippen molar-refractivity contribution in [3.63, 3.8) is 0 Å². The molecule has 0 radical (unpaired) electrons. The summed E-state index contributed by atoms with van der Waals surface area (Å²) in [5, 5.41) is 1.20. The van der Waals surface area contributed by atoms with Crippen LogP contribution in [0.3, 0.4) is 0 Å². The Bertz CT molecular complexity index is 952. The topological polar surface area (TPSA) is 45.3 Å². The molecular formula is C19H16Br2N2O2. The van der Waals surface area contributed by atoms with Gasteiger partial charge in [-0.05, 0) is 40.2 Å². The first-order valence-corrected chi connectivity index (χ1v) is 9.64. The molecule has 0 atom stereocenters. The van der Waals surface area contributed by atoms with Gasteiger partial charge in [-0.2, -0.15) is 0 Å². The van der Waals surface area contributed by atoms with E-state index in [4.69, 9.17) is 4.74 Å². The molecule has 2 aromatic carbocycles. The Hall–Kier alpha value is -1.79. The maximum Gasteiger partial charge on any atom is 0.260 e. The number of hydrogen-bond acceptors (Lipinski definition) is 2. The molecule has 0 fully saturated rings. The van der Waals surface area contributed by atoms with E-state index in [1.54, 1.807) is 0 Å². The van der Waals surface area contributed by atoms with Gasteiger partial charge in [0, 0.05) is 46.1 Å². The van der Waals surface area contributed by atoms with Gasteiger partial charge in [0.25, 0.3) is 5.91 Å². The van der Waals surface area contributed by atoms with Gasteiger partial charge in [0.1, 0.15) is 5.75 Å². The highest BCUT2D eigenvalue weighted by atomic mass is 79.9. The van der Waals surface area contributed by atoms with E-state index in [1.165, 1.54) is 16.6 Å². The maximum absolute atomic E-state index is 12.6. The summed E-state index contributed by atoms with van der Waals surface area (Å²) < 4.78 is 7.48. The molecule has 128 valence electrons. The average molecular weight is 464 g/mol. The van der Waals surface area contributed by atoms with Gasteiger partial charge in [0.2, 0.25) is 0 Å². The van der Waals surface area contributed by atoms with Crippen molar-refractivity contribution in [1.29, 1.82) is 0 Å². The van der Waals surface area contributed by atoms with Crippen molar-refractivity contribution in [1.82, 2.24) is 9.88 Å². The first-order chi connectivity index (χ1) is 12.1. The van der Waals surface area contributed by atoms with Crippen LogP contribution in [0.1, 0.15) is 11.3 Å². The number of benzene rings is 2. The Kier molecular flexibility index (Phi) is 4.56. The number of amides is 1. The number of para-hydroxylation sites is 1. The molecule has 0 saturated carbocycles. The lowest BCUT2D eigenvalue weighted by atomic mass is 10.0. The number of hydrogen-bond donors (Lipinski definition) is 1. The molecule has 3 aromatic rings. The lowest BCUT2D eigenvalue weighted by Crippen LogP contribution is -2.38. The molecule has 1 aromatic heterocycles. The average Bonchev–Trinajstić information content (AvgIpc) is 2.98. The summed E-state index contributed by atoms with van der Waals surface area (Å²) >= 11 is 6.86. The number of nitrogens with zero attached hydrogens (tertiary/aromatic N) is 1. The molecule has 0 aliphatic carbocycles. The highest BCUT2D eigenvalue weighted by Gasteiger charge is 2.24. The van der Waals surface area contributed by atoms with Gasteiger partial charge in [-0.3, -0.25) is 4.79 Å². The smallest absolute Gasteiger partial charge is 0.260 e. The second-order valence-corrected chi connectivity index (χ2v) is 7.83. The lowest BCUT2D eigenvalue weighted by Gasteiger charge is -2.27. The molecule has 1 N–H and O–H groups in total. The Morgan fingerprint density at radius 2 is 2.04 bits per heavy atom. The maximum atomic E-state index is 12.6. The van der Waals surface area contributed by atoms with Gasteiger partial charge in [-0.25, -0.2) is 0 Å². The van der Waals surface area contributed by atoms with Gasteiger partial charge in [-0.15, -0.1) is 0 Å². The molecule has 0 unspecified atom stereocenters. The largest absolute Gasteiger partial charge is 0.483 e. The number of H-pyrrole nitrogens is 1. The van der Waals surface area contributed by atoms with Crippen LogP contribution in [0.4, 0.5) is 0 Å². The first kappa shape index (κ1) is 16.7. The summed E-state index contributed by atoms with van der Waals surface area (Å²) in [4.78, 5) is 17.9. The zero-order valence-corrected chi connectivity index (χ0v) is 16.6. The lowest BCUT2D eigenvalue weighted by molar-refractivity contribution is -0.134. The van der Waals surface area contributed by atoms with E-state index in [0.717, 1.165) is 20.9 Å². The molecule has 1 amide bonds. The molecule has 0 spiro atoms. The number of aromatic amines is 1. The molecule has 6 heteroatoms. The van der Waals surface area contributed by atoms with Crippen LogP contribution >= 0.6 is 31.9 Å². The number of fused-ring (bicyclic) bond motifs is 3. The Morgan fingerprint density at radius 3 is 2.88 bits per heavy atom. The molecular weight excluding hydrogens is 448 g/mol. The van der Waals surface area contributed by atoms with Crippen LogP contribution in [0, 0.1) is 0 Å². The van der Waals surface area contributed by atoms with Crippen LogP contribution in [0.5, 0.6) is 5.75 Å². The minimum Gasteiger partial charge on any atom is -0.483 e. The van der Waals surface area contributed by atoms with Gasteiger partial charge >= 0.3 is 0 Å². The number of carbonyl (C=O) groups excluding carboxylic acids is 1. The normalized spacial score (nSPS) is 13.8. The monoisotopic (exact) mass is 462 g/mol. The number of rotatable bonds is 3. The fraction of sp³-hybridized carbons (Fsp3) is 0.211. The molecule has 25 heavy (non-hydrogen) atoms. The second-order valence-electron chi connectivity index (χ2n) is 6.06. The SMILES string of the molecule is O=C(COc1ccc(Br)cc1Br)N1CCc2[nH]c3ccccc3c2C1. The van der Waals surface area contributed by atoms with Gasteiger partial charge in [0.05, 0.1) is 4.47 Å². The zero-order valence-electron chi connectivity index (χ0n) is 13.4. The number of halogens is 2. The van der Waals surface area contributed by atoms with Crippen molar-refractivity contribution in [2.75, 3.05) is 13.2 Å². The van der Waals surface area contributed by atoms with Gasteiger partial charge < -0.3 is 14.6 Å². The van der Waals surface area contributed by atoms with E-state index in [2.05, 4.69) is 49.0 Å². The minimum absolute atomic E-state index is 0.00532. The molecule has 2 heterocycles. The van der Waals surface area contributed by atoms with Crippen LogP contribution in [0.25, 0.3) is 10.9 Å². The van der Waals surface area contributed by atoms with E-state index in [0.29, 0.717) is 18.8 Å². The van der Waals surface area contributed by atoms with E-state index in [9.17, 15) is 4.79 Å². The summed E-state index contributed by atoms with van der Waals surface area (Å²) in [5.41, 5.74) is 3.60. The van der Waals surface area contributed by atoms with Crippen LogP contribution in [-0.4, -0.2) is 28.9 Å². The number of ether oxygens (including phenoxy) is 1. The predicted octanol–water partition coefficient (Wildman–Crippen LogP) is 4.66. The molecule has 1 aliphatic rings. The Balaban J connectivity index is 1.46. The number of aromatic nitrogens is 1. The third-order valence-electron chi connectivity index (χ3n) is 4.48. The summed E-state index contributed by atoms with van der Waals surface area (Å²) in [6.07, 6.45) is 0.845. The van der Waals surface area contributed by atoms with Crippen LogP contribution < -0.4 is 4.74 Å². The second kappa shape index (κ2) is 6.84. The fourth-order valence-electron chi connectivity index (χ4n) is 3.20. The molecule has 0 saturated heterocycles. The number of nitrogens with one attached hydrogen (secondary N) is 1. The Morgan fingerprint density at radius 1 is 1.20 bits per heavy atom. The van der Waals surface area contributed by atoms with Gasteiger partial charge in [0.15, 0.2) is 6.61 Å². The van der Waals surface area contributed by atoms with Crippen LogP contribution in [0.2, 0.25) is 0 Å². The summed E-state index contributed by atoms with van der Waals surface area (Å²) in [7, 11) is 0. The fourth-order valence-corrected chi connectivity index (χ4v) is 4.36. The molecule has 1 aliphatic heterocycles. The molecule has 4 nitrogen and oxygen atoms in total. The van der Waals surface area contributed by atoms with Crippen LogP contribution in [-0.2, 0) is 17.8 Å². The van der Waals surface area contributed by atoms with Crippen molar-refractivity contribution in [2.24, 2.45) is 0 Å². The van der Waals surface area contributed by atoms with Crippen molar-refractivity contribution in [3.05, 3.63) is 62.7 Å². The van der Waals surface area contributed by atoms with Crippen molar-refractivity contribution in [3.8, 4) is 5.75 Å². The first-order valence-electron chi connectivity index (χ1n) is 8.06. The van der Waals surface area contributed by atoms with E-state index in [-0.39, 0.29) is 12.5 Å². The van der Waals surface area contributed by atoms with E-state index >= 15 is 0 Å². The summed E-state index contributed by atoms with van der Waals surface area (Å²) in [6.45, 7) is 1.38. The standard InChI is InChI=1S/C19H16Br2N2O2/c20-12-5-6-18(15(21)9-12)25-11-19(24)23-8-7-17-14(10-23)13-3-1-2-4-16(13)22-17/h1-6,9,22H,7-8,10-11H2. The highest BCUT2D eigenvalue weighted by Crippen LogP contribution is 2.29. The Labute approximate surface area is 162 Å². The van der Waals surface area contributed by atoms with Crippen molar-refractivity contribution < 1.29 is 9.53 Å². The van der Waals surface area contributed by atoms with E-state index in [1.807, 2.05) is 35.2 Å². The quantitative estimate of drug-likeness (QED) is 0.614. The van der Waals surface area contributed by atoms with Crippen LogP contribution in [0.15, 0.2) is 51.4 Å². The third-order valence-corrected chi connectivity index (χ3v) is 5.59. The third kappa shape index (κ3) is 3.33. The van der Waals surface area contributed by atoms with Crippen molar-refractivity contribution >= 4 is 48.7 Å². The van der Waals surface area contributed by atoms with Crippen molar-refractivity contribution in [2.45, 2.75) is 13.0 Å².